The largest absolute Gasteiger partial charge is 0.481 e. The molecule has 1 aliphatic carbocycles. The van der Waals surface area contributed by atoms with Crippen molar-refractivity contribution >= 4 is 52.3 Å². The average molecular weight is 763 g/mol. The monoisotopic (exact) mass is 762 g/mol. The average Bonchev–Trinajstić information content (AvgIpc) is 3.51. The molecule has 50 heavy (non-hydrogen) atoms. The summed E-state index contributed by atoms with van der Waals surface area (Å²) in [4.78, 5) is 12.5. The SMILES string of the molecule is CC(C)(C)[Si](C)(C)O[C@H]1C[C@@H](O[Si](C)(C)C(C)(C)C)[C@H](CC[C@@H](O[Si](C)(C)C(C)(C)C)c2cc3ccccc3s2)[C@H]1CCCCCCC(=O)O. The standard InChI is InChI=1S/C41H74O5SSi3/c1-39(2,3)48(10,11)44-33(37-28-30-22-20-21-24-36(30)47-37)27-26-32-31(23-18-16-17-19-25-38(42)43)34(45-49(12,13)40(4,5)6)29-35(32)46-50(14,15)41(7,8)9/h20-22,24,28,31-35H,16-19,23,25-27,29H2,1-15H3,(H,42,43)/t31-,32-,33-,34+,35-/m1/s1. The van der Waals surface area contributed by atoms with E-state index in [0.717, 1.165) is 51.4 Å². The topological polar surface area (TPSA) is 65.0 Å². The van der Waals surface area contributed by atoms with E-state index in [1.54, 1.807) is 0 Å². The van der Waals surface area contributed by atoms with Crippen LogP contribution in [0, 0.1) is 11.8 Å². The van der Waals surface area contributed by atoms with Crippen molar-refractivity contribution in [1.82, 2.24) is 0 Å². The highest BCUT2D eigenvalue weighted by Crippen LogP contribution is 2.51. The molecule has 1 saturated carbocycles. The van der Waals surface area contributed by atoms with E-state index in [4.69, 9.17) is 13.3 Å². The third kappa shape index (κ3) is 11.3. The summed E-state index contributed by atoms with van der Waals surface area (Å²) in [7, 11) is -6.15. The molecule has 1 N–H and O–H groups in total. The zero-order chi connectivity index (χ0) is 37.9. The number of carboxylic acids is 1. The summed E-state index contributed by atoms with van der Waals surface area (Å²) in [5.74, 6) is 0.106. The molecule has 3 rings (SSSR count). The normalized spacial score (nSPS) is 22.0. The Balaban J connectivity index is 2.01. The summed E-state index contributed by atoms with van der Waals surface area (Å²) >= 11 is 1.90. The fraction of sp³-hybridized carbons (Fsp3) is 0.780. The molecule has 1 aliphatic rings. The quantitative estimate of drug-likeness (QED) is 0.128. The van der Waals surface area contributed by atoms with Crippen LogP contribution in [-0.2, 0) is 18.1 Å². The van der Waals surface area contributed by atoms with Gasteiger partial charge in [0.05, 0.1) is 18.3 Å². The highest BCUT2D eigenvalue weighted by molar-refractivity contribution is 7.19. The maximum Gasteiger partial charge on any atom is 0.303 e. The third-order valence-electron chi connectivity index (χ3n) is 12.9. The lowest BCUT2D eigenvalue weighted by Gasteiger charge is -2.41. The van der Waals surface area contributed by atoms with Crippen LogP contribution in [-0.4, -0.2) is 48.2 Å². The van der Waals surface area contributed by atoms with E-state index in [1.807, 2.05) is 11.3 Å². The Morgan fingerprint density at radius 3 is 1.76 bits per heavy atom. The second kappa shape index (κ2) is 16.7. The highest BCUT2D eigenvalue weighted by Gasteiger charge is 2.51. The molecule has 0 radical (unpaired) electrons. The molecule has 9 heteroatoms. The Labute approximate surface area is 314 Å². The molecular weight excluding hydrogens is 689 g/mol. The van der Waals surface area contributed by atoms with Crippen LogP contribution in [0.3, 0.4) is 0 Å². The van der Waals surface area contributed by atoms with Crippen molar-refractivity contribution in [2.45, 2.75) is 193 Å². The molecule has 1 aromatic heterocycles. The summed E-state index contributed by atoms with van der Waals surface area (Å²) in [6.45, 7) is 35.5. The first-order chi connectivity index (χ1) is 22.8. The number of rotatable bonds is 17. The smallest absolute Gasteiger partial charge is 0.303 e. The van der Waals surface area contributed by atoms with Gasteiger partial charge >= 0.3 is 5.97 Å². The fourth-order valence-electron chi connectivity index (χ4n) is 6.62. The number of aliphatic carboxylic acids is 1. The Kier molecular flexibility index (Phi) is 14.5. The number of hydrogen-bond donors (Lipinski definition) is 1. The molecule has 286 valence electrons. The van der Waals surface area contributed by atoms with Gasteiger partial charge in [-0.05, 0) is 116 Å². The van der Waals surface area contributed by atoms with E-state index >= 15 is 0 Å². The summed E-state index contributed by atoms with van der Waals surface area (Å²) in [6, 6.07) is 11.1. The Morgan fingerprint density at radius 1 is 0.760 bits per heavy atom. The number of benzene rings is 1. The first-order valence-corrected chi connectivity index (χ1v) is 29.0. The number of thiophene rings is 1. The molecular formula is C41H74O5SSi3. The zero-order valence-electron chi connectivity index (χ0n) is 34.6. The molecule has 0 bridgehead atoms. The van der Waals surface area contributed by atoms with Crippen LogP contribution < -0.4 is 0 Å². The third-order valence-corrected chi connectivity index (χ3v) is 27.6. The number of carbonyl (C=O) groups is 1. The molecule has 0 amide bonds. The van der Waals surface area contributed by atoms with Gasteiger partial charge in [-0.25, -0.2) is 0 Å². The van der Waals surface area contributed by atoms with Gasteiger partial charge < -0.3 is 18.4 Å². The van der Waals surface area contributed by atoms with E-state index < -0.39 is 30.9 Å². The van der Waals surface area contributed by atoms with Crippen molar-refractivity contribution < 1.29 is 23.2 Å². The lowest BCUT2D eigenvalue weighted by Crippen LogP contribution is -2.45. The van der Waals surface area contributed by atoms with Gasteiger partial charge in [0, 0.05) is 16.0 Å². The molecule has 5 nitrogen and oxygen atoms in total. The number of unbranched alkanes of at least 4 members (excludes halogenated alkanes) is 3. The Hall–Kier alpha value is -0.819. The van der Waals surface area contributed by atoms with Crippen molar-refractivity contribution in [2.24, 2.45) is 11.8 Å². The van der Waals surface area contributed by atoms with Crippen LogP contribution in [0.25, 0.3) is 10.1 Å². The molecule has 0 unspecified atom stereocenters. The van der Waals surface area contributed by atoms with E-state index in [2.05, 4.69) is 132 Å². The molecule has 1 fully saturated rings. The van der Waals surface area contributed by atoms with Crippen molar-refractivity contribution in [3.05, 3.63) is 35.2 Å². The lowest BCUT2D eigenvalue weighted by molar-refractivity contribution is -0.137. The van der Waals surface area contributed by atoms with Crippen molar-refractivity contribution in [3.8, 4) is 0 Å². The maximum absolute atomic E-state index is 11.2. The number of fused-ring (bicyclic) bond motifs is 1. The van der Waals surface area contributed by atoms with Gasteiger partial charge in [-0.3, -0.25) is 4.79 Å². The first-order valence-electron chi connectivity index (χ1n) is 19.5. The van der Waals surface area contributed by atoms with E-state index in [1.165, 1.54) is 15.0 Å². The van der Waals surface area contributed by atoms with Crippen molar-refractivity contribution in [1.29, 1.82) is 0 Å². The van der Waals surface area contributed by atoms with Crippen molar-refractivity contribution in [3.63, 3.8) is 0 Å². The highest BCUT2D eigenvalue weighted by atomic mass is 32.1. The first kappa shape index (κ1) is 43.6. The summed E-state index contributed by atoms with van der Waals surface area (Å²) in [5.41, 5.74) is 0. The summed E-state index contributed by atoms with van der Waals surface area (Å²) in [5, 5.41) is 10.9. The maximum atomic E-state index is 11.2. The van der Waals surface area contributed by atoms with Crippen LogP contribution in [0.2, 0.25) is 54.4 Å². The number of carboxylic acid groups (broad SMARTS) is 1. The summed E-state index contributed by atoms with van der Waals surface area (Å²) in [6.07, 6.45) is 8.64. The second-order valence-electron chi connectivity index (χ2n) is 19.9. The van der Waals surface area contributed by atoms with E-state index in [9.17, 15) is 9.90 Å². The van der Waals surface area contributed by atoms with Crippen LogP contribution >= 0.6 is 11.3 Å². The van der Waals surface area contributed by atoms with Crippen LogP contribution in [0.1, 0.15) is 131 Å². The summed E-state index contributed by atoms with van der Waals surface area (Å²) < 4.78 is 23.5. The second-order valence-corrected chi connectivity index (χ2v) is 35.3. The molecule has 5 atom stereocenters. The van der Waals surface area contributed by atoms with Crippen LogP contribution in [0.5, 0.6) is 0 Å². The minimum absolute atomic E-state index is 0.0545. The zero-order valence-corrected chi connectivity index (χ0v) is 38.4. The Morgan fingerprint density at radius 2 is 1.26 bits per heavy atom. The van der Waals surface area contributed by atoms with Gasteiger partial charge in [-0.1, -0.05) is 99.8 Å². The minimum atomic E-state index is -2.06. The molecule has 0 spiro atoms. The molecule has 0 aliphatic heterocycles. The lowest BCUT2D eigenvalue weighted by atomic mass is 9.84. The predicted octanol–water partition coefficient (Wildman–Crippen LogP) is 13.6. The molecule has 1 heterocycles. The fourth-order valence-corrected chi connectivity index (χ4v) is 11.9. The number of hydrogen-bond acceptors (Lipinski definition) is 5. The van der Waals surface area contributed by atoms with Gasteiger partial charge in [-0.15, -0.1) is 11.3 Å². The van der Waals surface area contributed by atoms with Crippen LogP contribution in [0.4, 0.5) is 0 Å². The van der Waals surface area contributed by atoms with Gasteiger partial charge in [0.1, 0.15) is 0 Å². The van der Waals surface area contributed by atoms with Crippen LogP contribution in [0.15, 0.2) is 30.3 Å². The van der Waals surface area contributed by atoms with Gasteiger partial charge in [0.25, 0.3) is 0 Å². The van der Waals surface area contributed by atoms with Gasteiger partial charge in [0.2, 0.25) is 0 Å². The van der Waals surface area contributed by atoms with Crippen molar-refractivity contribution in [2.75, 3.05) is 0 Å². The van der Waals surface area contributed by atoms with Gasteiger partial charge in [-0.2, -0.15) is 0 Å². The predicted molar refractivity (Wildman–Crippen MR) is 223 cm³/mol. The Bertz CT molecular complexity index is 1350. The molecule has 0 saturated heterocycles. The van der Waals surface area contributed by atoms with Gasteiger partial charge in [0.15, 0.2) is 25.0 Å². The molecule has 2 aromatic rings. The van der Waals surface area contributed by atoms with E-state index in [0.29, 0.717) is 11.8 Å². The minimum Gasteiger partial charge on any atom is -0.481 e. The molecule has 1 aromatic carbocycles. The van der Waals surface area contributed by atoms with E-state index in [-0.39, 0.29) is 39.8 Å².